The van der Waals surface area contributed by atoms with Crippen LogP contribution in [0, 0.1) is 0 Å². The van der Waals surface area contributed by atoms with E-state index in [1.807, 2.05) is 19.0 Å². The molecule has 0 saturated heterocycles. The molecule has 2 heterocycles. The SMILES string of the molecule is COc1nc(N(C)C)sc1CNc1ccc(=O)n(C)c1. The maximum atomic E-state index is 11.3. The lowest BCUT2D eigenvalue weighted by Crippen LogP contribution is -2.15. The average Bonchev–Trinajstić information content (AvgIpc) is 2.83. The van der Waals surface area contributed by atoms with Crippen LogP contribution >= 0.6 is 11.3 Å². The second-order valence-corrected chi connectivity index (χ2v) is 5.61. The molecule has 0 unspecified atom stereocenters. The summed E-state index contributed by atoms with van der Waals surface area (Å²) in [5.74, 6) is 0.635. The smallest absolute Gasteiger partial charge is 0.250 e. The Balaban J connectivity index is 2.13. The van der Waals surface area contributed by atoms with Crippen molar-refractivity contribution in [1.29, 1.82) is 0 Å². The maximum absolute atomic E-state index is 11.3. The third kappa shape index (κ3) is 3.11. The third-order valence-electron chi connectivity index (χ3n) is 2.77. The van der Waals surface area contributed by atoms with Crippen molar-refractivity contribution < 1.29 is 4.74 Å². The first-order valence-electron chi connectivity index (χ1n) is 6.13. The van der Waals surface area contributed by atoms with Gasteiger partial charge in [-0.05, 0) is 6.07 Å². The molecule has 2 rings (SSSR count). The Labute approximate surface area is 121 Å². The summed E-state index contributed by atoms with van der Waals surface area (Å²) in [7, 11) is 7.24. The molecule has 0 aromatic carbocycles. The average molecular weight is 294 g/mol. The molecule has 0 radical (unpaired) electrons. The molecule has 0 atom stereocenters. The molecule has 0 amide bonds. The number of thiazole rings is 1. The van der Waals surface area contributed by atoms with E-state index in [2.05, 4.69) is 10.3 Å². The van der Waals surface area contributed by atoms with Crippen molar-refractivity contribution in [3.05, 3.63) is 33.6 Å². The van der Waals surface area contributed by atoms with Crippen molar-refractivity contribution in [3.8, 4) is 5.88 Å². The number of pyridine rings is 1. The zero-order valence-electron chi connectivity index (χ0n) is 12.0. The number of hydrogen-bond acceptors (Lipinski definition) is 6. The number of aromatic nitrogens is 2. The van der Waals surface area contributed by atoms with Gasteiger partial charge in [0.2, 0.25) is 11.4 Å². The van der Waals surface area contributed by atoms with Gasteiger partial charge in [0.15, 0.2) is 5.13 Å². The van der Waals surface area contributed by atoms with Crippen molar-refractivity contribution in [2.45, 2.75) is 6.54 Å². The van der Waals surface area contributed by atoms with E-state index in [1.165, 1.54) is 10.6 Å². The first kappa shape index (κ1) is 14.4. The van der Waals surface area contributed by atoms with E-state index in [1.54, 1.807) is 37.8 Å². The summed E-state index contributed by atoms with van der Waals surface area (Å²) < 4.78 is 6.82. The van der Waals surface area contributed by atoms with Gasteiger partial charge >= 0.3 is 0 Å². The van der Waals surface area contributed by atoms with Crippen LogP contribution in [0.4, 0.5) is 10.8 Å². The van der Waals surface area contributed by atoms with E-state index in [-0.39, 0.29) is 5.56 Å². The quantitative estimate of drug-likeness (QED) is 0.906. The van der Waals surface area contributed by atoms with Crippen LogP contribution in [0.25, 0.3) is 0 Å². The van der Waals surface area contributed by atoms with Gasteiger partial charge in [-0.25, -0.2) is 0 Å². The van der Waals surface area contributed by atoms with E-state index in [9.17, 15) is 4.79 Å². The largest absolute Gasteiger partial charge is 0.480 e. The van der Waals surface area contributed by atoms with Gasteiger partial charge in [-0.1, -0.05) is 11.3 Å². The number of aryl methyl sites for hydroxylation is 1. The summed E-state index contributed by atoms with van der Waals surface area (Å²) >= 11 is 1.58. The lowest BCUT2D eigenvalue weighted by molar-refractivity contribution is 0.397. The summed E-state index contributed by atoms with van der Waals surface area (Å²) in [4.78, 5) is 18.7. The van der Waals surface area contributed by atoms with Crippen molar-refractivity contribution in [1.82, 2.24) is 9.55 Å². The molecule has 0 bridgehead atoms. The first-order valence-corrected chi connectivity index (χ1v) is 6.94. The van der Waals surface area contributed by atoms with Crippen LogP contribution in [0.3, 0.4) is 0 Å². The van der Waals surface area contributed by atoms with Gasteiger partial charge in [0, 0.05) is 33.4 Å². The molecule has 0 aliphatic carbocycles. The van der Waals surface area contributed by atoms with Crippen LogP contribution in [0.5, 0.6) is 5.88 Å². The monoisotopic (exact) mass is 294 g/mol. The summed E-state index contributed by atoms with van der Waals surface area (Å²) in [6, 6.07) is 3.31. The summed E-state index contributed by atoms with van der Waals surface area (Å²) in [5, 5.41) is 4.17. The highest BCUT2D eigenvalue weighted by molar-refractivity contribution is 7.15. The van der Waals surface area contributed by atoms with Crippen molar-refractivity contribution in [2.24, 2.45) is 7.05 Å². The molecule has 2 aromatic rings. The van der Waals surface area contributed by atoms with Gasteiger partial charge in [-0.3, -0.25) is 4.79 Å². The van der Waals surface area contributed by atoms with Gasteiger partial charge < -0.3 is 19.5 Å². The second-order valence-electron chi connectivity index (χ2n) is 4.54. The molecule has 1 N–H and O–H groups in total. The Hall–Kier alpha value is -2.02. The molecule has 0 spiro atoms. The third-order valence-corrected chi connectivity index (χ3v) is 3.97. The number of hydrogen-bond donors (Lipinski definition) is 1. The zero-order chi connectivity index (χ0) is 14.7. The fourth-order valence-corrected chi connectivity index (χ4v) is 2.56. The van der Waals surface area contributed by atoms with E-state index >= 15 is 0 Å². The first-order chi connectivity index (χ1) is 9.51. The van der Waals surface area contributed by atoms with E-state index < -0.39 is 0 Å². The standard InChI is InChI=1S/C13H18N4O2S/c1-16(2)13-15-12(19-4)10(20-13)7-14-9-5-6-11(18)17(3)8-9/h5-6,8,14H,7H2,1-4H3. The molecule has 20 heavy (non-hydrogen) atoms. The number of methoxy groups -OCH3 is 1. The summed E-state index contributed by atoms with van der Waals surface area (Å²) in [6.45, 7) is 0.604. The van der Waals surface area contributed by atoms with Gasteiger partial charge in [-0.15, -0.1) is 0 Å². The lowest BCUT2D eigenvalue weighted by Gasteiger charge is -2.07. The number of anilines is 2. The van der Waals surface area contributed by atoms with Crippen LogP contribution in [0.1, 0.15) is 4.88 Å². The van der Waals surface area contributed by atoms with Crippen molar-refractivity contribution in [2.75, 3.05) is 31.4 Å². The molecule has 108 valence electrons. The van der Waals surface area contributed by atoms with Gasteiger partial charge in [-0.2, -0.15) is 4.98 Å². The Kier molecular flexibility index (Phi) is 4.29. The predicted octanol–water partition coefficient (Wildman–Crippen LogP) is 1.53. The summed E-state index contributed by atoms with van der Waals surface area (Å²) in [5.41, 5.74) is 0.856. The predicted molar refractivity (Wildman–Crippen MR) is 82.0 cm³/mol. The minimum atomic E-state index is -0.0270. The number of rotatable bonds is 5. The minimum absolute atomic E-state index is 0.0270. The molecule has 6 nitrogen and oxygen atoms in total. The van der Waals surface area contributed by atoms with Gasteiger partial charge in [0.1, 0.15) is 0 Å². The minimum Gasteiger partial charge on any atom is -0.480 e. The van der Waals surface area contributed by atoms with Gasteiger partial charge in [0.05, 0.1) is 24.2 Å². The normalized spacial score (nSPS) is 10.4. The maximum Gasteiger partial charge on any atom is 0.250 e. The molecule has 0 aliphatic heterocycles. The Morgan fingerprint density at radius 3 is 2.80 bits per heavy atom. The second kappa shape index (κ2) is 5.96. The molecule has 0 aliphatic rings. The van der Waals surface area contributed by atoms with Gasteiger partial charge in [0.25, 0.3) is 0 Å². The number of nitrogens with zero attached hydrogens (tertiary/aromatic N) is 3. The van der Waals surface area contributed by atoms with E-state index in [0.29, 0.717) is 12.4 Å². The van der Waals surface area contributed by atoms with E-state index in [0.717, 1.165) is 15.7 Å². The van der Waals surface area contributed by atoms with Crippen LogP contribution in [0.15, 0.2) is 23.1 Å². The Morgan fingerprint density at radius 2 is 2.20 bits per heavy atom. The highest BCUT2D eigenvalue weighted by Crippen LogP contribution is 2.30. The fourth-order valence-electron chi connectivity index (χ4n) is 1.67. The van der Waals surface area contributed by atoms with Crippen LogP contribution in [0.2, 0.25) is 0 Å². The van der Waals surface area contributed by atoms with Crippen molar-refractivity contribution in [3.63, 3.8) is 0 Å². The molecule has 0 fully saturated rings. The Morgan fingerprint density at radius 1 is 1.45 bits per heavy atom. The number of nitrogens with one attached hydrogen (secondary N) is 1. The molecule has 2 aromatic heterocycles. The molecule has 7 heteroatoms. The van der Waals surface area contributed by atoms with Crippen LogP contribution in [-0.2, 0) is 13.6 Å². The van der Waals surface area contributed by atoms with E-state index in [4.69, 9.17) is 4.74 Å². The lowest BCUT2D eigenvalue weighted by atomic mass is 10.4. The van der Waals surface area contributed by atoms with Crippen LogP contribution < -0.4 is 20.5 Å². The number of ether oxygens (including phenoxy) is 1. The molecular formula is C13H18N4O2S. The fraction of sp³-hybridized carbons (Fsp3) is 0.385. The topological polar surface area (TPSA) is 59.4 Å². The highest BCUT2D eigenvalue weighted by atomic mass is 32.1. The zero-order valence-corrected chi connectivity index (χ0v) is 12.8. The molecule has 0 saturated carbocycles. The van der Waals surface area contributed by atoms with Crippen LogP contribution in [-0.4, -0.2) is 30.8 Å². The highest BCUT2D eigenvalue weighted by Gasteiger charge is 2.12. The summed E-state index contributed by atoms with van der Waals surface area (Å²) in [6.07, 6.45) is 1.77. The molecular weight excluding hydrogens is 276 g/mol. The van der Waals surface area contributed by atoms with Crippen molar-refractivity contribution >= 4 is 22.2 Å². The Bertz CT molecular complexity index is 648.